The lowest BCUT2D eigenvalue weighted by Crippen LogP contribution is -2.52. The quantitative estimate of drug-likeness (QED) is 0.720. The predicted octanol–water partition coefficient (Wildman–Crippen LogP) is 0.507. The zero-order valence-corrected chi connectivity index (χ0v) is 15.7. The molecule has 1 aromatic rings. The van der Waals surface area contributed by atoms with Gasteiger partial charge in [0.2, 0.25) is 15.9 Å². The number of hydrogen-bond donors (Lipinski definition) is 2. The smallest absolute Gasteiger partial charge is 0.321 e. The summed E-state index contributed by atoms with van der Waals surface area (Å²) >= 11 is 0. The number of imide groups is 1. The highest BCUT2D eigenvalue weighted by Crippen LogP contribution is 2.21. The maximum Gasteiger partial charge on any atom is 0.321 e. The molecule has 0 aromatic heterocycles. The molecule has 0 saturated carbocycles. The van der Waals surface area contributed by atoms with Crippen LogP contribution < -0.4 is 10.6 Å². The Morgan fingerprint density at radius 1 is 1.15 bits per heavy atom. The molecule has 1 aliphatic heterocycles. The fraction of sp³-hybridized carbons (Fsp3) is 0.500. The minimum Gasteiger partial charge on any atom is -0.338 e. The van der Waals surface area contributed by atoms with E-state index in [1.165, 1.54) is 0 Å². The third-order valence-corrected chi connectivity index (χ3v) is 5.91. The Kier molecular flexibility index (Phi) is 7.22. The first kappa shape index (κ1) is 21.2. The van der Waals surface area contributed by atoms with Gasteiger partial charge in [0.1, 0.15) is 16.5 Å². The SMILES string of the molecule is CCCNC(=O)NC(=O)CN1CCN(S(=O)(=O)c2cc(F)ccc2F)CC1. The Bertz CT molecular complexity index is 796. The first-order valence-corrected chi connectivity index (χ1v) is 9.93. The summed E-state index contributed by atoms with van der Waals surface area (Å²) in [6, 6.07) is 1.69. The van der Waals surface area contributed by atoms with E-state index in [0.29, 0.717) is 12.6 Å². The summed E-state index contributed by atoms with van der Waals surface area (Å²) in [4.78, 5) is 24.2. The summed E-state index contributed by atoms with van der Waals surface area (Å²) < 4.78 is 53.2. The van der Waals surface area contributed by atoms with Gasteiger partial charge >= 0.3 is 6.03 Å². The Morgan fingerprint density at radius 3 is 2.44 bits per heavy atom. The first-order valence-electron chi connectivity index (χ1n) is 8.49. The number of rotatable bonds is 6. The fourth-order valence-electron chi connectivity index (χ4n) is 2.59. The largest absolute Gasteiger partial charge is 0.338 e. The van der Waals surface area contributed by atoms with E-state index in [1.54, 1.807) is 4.90 Å². The van der Waals surface area contributed by atoms with Crippen molar-refractivity contribution in [3.63, 3.8) is 0 Å². The monoisotopic (exact) mass is 404 g/mol. The van der Waals surface area contributed by atoms with Crippen molar-refractivity contribution in [3.05, 3.63) is 29.8 Å². The van der Waals surface area contributed by atoms with Crippen molar-refractivity contribution in [3.8, 4) is 0 Å². The van der Waals surface area contributed by atoms with Gasteiger partial charge in [-0.3, -0.25) is 15.0 Å². The van der Waals surface area contributed by atoms with Crippen LogP contribution in [0, 0.1) is 11.6 Å². The van der Waals surface area contributed by atoms with Gasteiger partial charge in [-0.05, 0) is 24.6 Å². The molecule has 0 spiro atoms. The van der Waals surface area contributed by atoms with E-state index in [-0.39, 0.29) is 32.7 Å². The van der Waals surface area contributed by atoms with Gasteiger partial charge in [-0.25, -0.2) is 22.0 Å². The van der Waals surface area contributed by atoms with Crippen LogP contribution in [0.2, 0.25) is 0 Å². The molecular formula is C16H22F2N4O4S. The molecule has 8 nitrogen and oxygen atoms in total. The number of benzene rings is 1. The van der Waals surface area contributed by atoms with Gasteiger partial charge in [-0.2, -0.15) is 4.31 Å². The second-order valence-electron chi connectivity index (χ2n) is 6.06. The van der Waals surface area contributed by atoms with Crippen molar-refractivity contribution in [2.24, 2.45) is 0 Å². The summed E-state index contributed by atoms with van der Waals surface area (Å²) in [5.74, 6) is -2.36. The van der Waals surface area contributed by atoms with Gasteiger partial charge in [0.25, 0.3) is 0 Å². The molecule has 0 unspecified atom stereocenters. The lowest BCUT2D eigenvalue weighted by Gasteiger charge is -2.33. The van der Waals surface area contributed by atoms with E-state index < -0.39 is 38.5 Å². The molecular weight excluding hydrogens is 382 g/mol. The molecule has 1 saturated heterocycles. The maximum atomic E-state index is 13.8. The first-order chi connectivity index (χ1) is 12.7. The number of sulfonamides is 1. The molecule has 11 heteroatoms. The third kappa shape index (κ3) is 5.68. The van der Waals surface area contributed by atoms with E-state index in [0.717, 1.165) is 22.9 Å². The van der Waals surface area contributed by atoms with E-state index in [2.05, 4.69) is 10.6 Å². The normalized spacial score (nSPS) is 16.1. The number of piperazine rings is 1. The highest BCUT2D eigenvalue weighted by atomic mass is 32.2. The maximum absolute atomic E-state index is 13.8. The predicted molar refractivity (Wildman–Crippen MR) is 93.4 cm³/mol. The molecule has 2 rings (SSSR count). The van der Waals surface area contributed by atoms with Crippen LogP contribution in [0.4, 0.5) is 13.6 Å². The van der Waals surface area contributed by atoms with E-state index >= 15 is 0 Å². The number of hydrogen-bond acceptors (Lipinski definition) is 5. The molecule has 1 heterocycles. The van der Waals surface area contributed by atoms with E-state index in [9.17, 15) is 26.8 Å². The van der Waals surface area contributed by atoms with Gasteiger partial charge < -0.3 is 5.32 Å². The standard InChI is InChI=1S/C16H22F2N4O4S/c1-2-5-19-16(24)20-15(23)11-21-6-8-22(9-7-21)27(25,26)14-10-12(17)3-4-13(14)18/h3-4,10H,2,5-9,11H2,1H3,(H2,19,20,23,24). The molecule has 0 aliphatic carbocycles. The van der Waals surface area contributed by atoms with Crippen LogP contribution in [0.15, 0.2) is 23.1 Å². The van der Waals surface area contributed by atoms with Crippen molar-refractivity contribution >= 4 is 22.0 Å². The molecule has 27 heavy (non-hydrogen) atoms. The Balaban J connectivity index is 1.90. The second kappa shape index (κ2) is 9.20. The molecule has 0 bridgehead atoms. The van der Waals surface area contributed by atoms with Crippen LogP contribution in [0.25, 0.3) is 0 Å². The molecule has 1 fully saturated rings. The van der Waals surface area contributed by atoms with Gasteiger partial charge in [0, 0.05) is 32.7 Å². The van der Waals surface area contributed by atoms with Gasteiger partial charge in [-0.1, -0.05) is 6.92 Å². The molecule has 0 radical (unpaired) electrons. The lowest BCUT2D eigenvalue weighted by molar-refractivity contribution is -0.121. The number of carbonyl (C=O) groups is 2. The minimum atomic E-state index is -4.17. The molecule has 2 N–H and O–H groups in total. The summed E-state index contributed by atoms with van der Waals surface area (Å²) in [7, 11) is -4.17. The summed E-state index contributed by atoms with van der Waals surface area (Å²) in [6.45, 7) is 2.75. The van der Waals surface area contributed by atoms with Crippen LogP contribution in [0.5, 0.6) is 0 Å². The Hall–Kier alpha value is -2.11. The Morgan fingerprint density at radius 2 is 1.81 bits per heavy atom. The van der Waals surface area contributed by atoms with E-state index in [4.69, 9.17) is 0 Å². The molecule has 0 atom stereocenters. The Labute approximate surface area is 156 Å². The summed E-state index contributed by atoms with van der Waals surface area (Å²) in [6.07, 6.45) is 0.740. The zero-order valence-electron chi connectivity index (χ0n) is 14.9. The van der Waals surface area contributed by atoms with Crippen molar-refractivity contribution in [1.82, 2.24) is 19.8 Å². The number of carbonyl (C=O) groups excluding carboxylic acids is 2. The molecule has 1 aliphatic rings. The lowest BCUT2D eigenvalue weighted by atomic mass is 10.3. The van der Waals surface area contributed by atoms with Crippen molar-refractivity contribution in [1.29, 1.82) is 0 Å². The number of halogens is 2. The van der Waals surface area contributed by atoms with E-state index in [1.807, 2.05) is 6.92 Å². The topological polar surface area (TPSA) is 98.8 Å². The molecule has 150 valence electrons. The number of urea groups is 1. The van der Waals surface area contributed by atoms with Crippen molar-refractivity contribution in [2.45, 2.75) is 18.2 Å². The highest BCUT2D eigenvalue weighted by molar-refractivity contribution is 7.89. The van der Waals surface area contributed by atoms with Gasteiger partial charge in [-0.15, -0.1) is 0 Å². The average molecular weight is 404 g/mol. The average Bonchev–Trinajstić information content (AvgIpc) is 2.62. The number of nitrogens with zero attached hydrogens (tertiary/aromatic N) is 2. The van der Waals surface area contributed by atoms with Crippen LogP contribution in [-0.2, 0) is 14.8 Å². The summed E-state index contributed by atoms with van der Waals surface area (Å²) in [5, 5.41) is 4.70. The fourth-order valence-corrected chi connectivity index (χ4v) is 4.09. The highest BCUT2D eigenvalue weighted by Gasteiger charge is 2.31. The van der Waals surface area contributed by atoms with Crippen molar-refractivity contribution in [2.75, 3.05) is 39.3 Å². The third-order valence-electron chi connectivity index (χ3n) is 4.00. The zero-order chi connectivity index (χ0) is 20.0. The van der Waals surface area contributed by atoms with Crippen LogP contribution in [0.3, 0.4) is 0 Å². The second-order valence-corrected chi connectivity index (χ2v) is 7.97. The van der Waals surface area contributed by atoms with Crippen molar-refractivity contribution < 1.29 is 26.8 Å². The number of amides is 3. The van der Waals surface area contributed by atoms with Crippen LogP contribution >= 0.6 is 0 Å². The van der Waals surface area contributed by atoms with Crippen LogP contribution in [0.1, 0.15) is 13.3 Å². The summed E-state index contributed by atoms with van der Waals surface area (Å²) in [5.41, 5.74) is 0. The van der Waals surface area contributed by atoms with Crippen LogP contribution in [-0.4, -0.2) is 68.8 Å². The number of nitrogens with one attached hydrogen (secondary N) is 2. The van der Waals surface area contributed by atoms with Gasteiger partial charge in [0.15, 0.2) is 0 Å². The molecule has 3 amide bonds. The molecule has 1 aromatic carbocycles. The van der Waals surface area contributed by atoms with Gasteiger partial charge in [0.05, 0.1) is 6.54 Å². The minimum absolute atomic E-state index is 0.0214.